The average molecular weight is 356 g/mol. The smallest absolute Gasteiger partial charge is 0.0913 e. The third-order valence-corrected chi connectivity index (χ3v) is 2.55. The Balaban J connectivity index is 2.93. The normalized spacial score (nSPS) is 11.2. The van der Waals surface area contributed by atoms with Crippen LogP contribution in [0.25, 0.3) is 0 Å². The van der Waals surface area contributed by atoms with Crippen molar-refractivity contribution >= 4 is 0 Å². The molecule has 24 heavy (non-hydrogen) atoms. The predicted molar refractivity (Wildman–Crippen MR) is 85.2 cm³/mol. The van der Waals surface area contributed by atoms with Crippen LogP contribution in [0.4, 0.5) is 0 Å². The van der Waals surface area contributed by atoms with Crippen molar-refractivity contribution in [1.82, 2.24) is 0 Å². The van der Waals surface area contributed by atoms with Crippen LogP contribution in [-0.2, 0) is 38.1 Å². The Kier molecular flexibility index (Phi) is 22.2. The molecular weight excluding hydrogens is 324 g/mol. The van der Waals surface area contributed by atoms with Crippen LogP contribution in [-0.4, -0.2) is 92.5 Å². The third-order valence-electron chi connectivity index (χ3n) is 2.55. The highest BCUT2D eigenvalue weighted by Gasteiger charge is 1.94. The fourth-order valence-corrected chi connectivity index (χ4v) is 1.42. The molecule has 0 aliphatic carbocycles. The van der Waals surface area contributed by atoms with Gasteiger partial charge in [-0.25, -0.2) is 11.8 Å². The Morgan fingerprint density at radius 2 is 0.458 bits per heavy atom. The van der Waals surface area contributed by atoms with E-state index < -0.39 is 0 Å². The summed E-state index contributed by atoms with van der Waals surface area (Å²) in [6, 6.07) is 0. The molecule has 0 aromatic heterocycles. The van der Waals surface area contributed by atoms with E-state index >= 15 is 0 Å². The van der Waals surface area contributed by atoms with Crippen molar-refractivity contribution in [3.05, 3.63) is 0 Å². The summed E-state index contributed by atoms with van der Waals surface area (Å²) >= 11 is 0. The zero-order valence-electron chi connectivity index (χ0n) is 14.3. The monoisotopic (exact) mass is 356 g/mol. The molecule has 0 rings (SSSR count). The fraction of sp³-hybridized carbons (Fsp3) is 1.00. The second-order valence-corrected chi connectivity index (χ2v) is 4.42. The molecule has 0 unspecified atom stereocenters. The lowest BCUT2D eigenvalue weighted by atomic mass is 10.6. The van der Waals surface area contributed by atoms with Crippen LogP contribution >= 0.6 is 0 Å². The first-order chi connectivity index (χ1) is 11.9. The van der Waals surface area contributed by atoms with Crippen LogP contribution in [0.15, 0.2) is 0 Å². The molecule has 0 heterocycles. The van der Waals surface area contributed by atoms with Crippen LogP contribution in [0.3, 0.4) is 0 Å². The van der Waals surface area contributed by atoms with Gasteiger partial charge in [0.1, 0.15) is 0 Å². The summed E-state index contributed by atoms with van der Waals surface area (Å²) < 4.78 is 31.7. The van der Waals surface area contributed by atoms with Gasteiger partial charge in [-0.3, -0.25) is 0 Å². The van der Waals surface area contributed by atoms with E-state index in [9.17, 15) is 0 Å². The Bertz CT molecular complexity index is 205. The van der Waals surface area contributed by atoms with Crippen LogP contribution in [0.1, 0.15) is 0 Å². The van der Waals surface area contributed by atoms with Crippen molar-refractivity contribution in [2.45, 2.75) is 0 Å². The largest absolute Gasteiger partial charge is 0.377 e. The summed E-state index contributed by atoms with van der Waals surface area (Å²) in [4.78, 5) is 8.72. The quantitative estimate of drug-likeness (QED) is 0.193. The molecule has 4 N–H and O–H groups in total. The molecule has 0 saturated heterocycles. The average Bonchev–Trinajstić information content (AvgIpc) is 2.60. The van der Waals surface area contributed by atoms with Crippen LogP contribution in [0.5, 0.6) is 0 Å². The maximum atomic E-state index is 5.35. The van der Waals surface area contributed by atoms with Crippen molar-refractivity contribution in [2.24, 2.45) is 11.8 Å². The summed E-state index contributed by atoms with van der Waals surface area (Å²) in [5.74, 6) is 9.70. The molecule has 0 aromatic rings. The SMILES string of the molecule is NOCCOCCOCCOCCOCCOCCOCCON. The van der Waals surface area contributed by atoms with E-state index in [-0.39, 0.29) is 0 Å². The standard InChI is InChI=1S/C14H32N2O8/c15-23-13-11-21-9-7-19-5-3-17-1-2-18-4-6-20-8-10-22-12-14-24-16/h1-16H2. The molecule has 0 bridgehead atoms. The van der Waals surface area contributed by atoms with E-state index in [1.807, 2.05) is 0 Å². The van der Waals surface area contributed by atoms with Crippen molar-refractivity contribution in [3.8, 4) is 0 Å². The molecule has 0 amide bonds. The number of hydrogen-bond acceptors (Lipinski definition) is 10. The van der Waals surface area contributed by atoms with E-state index in [1.54, 1.807) is 0 Å². The van der Waals surface area contributed by atoms with Gasteiger partial charge in [0.05, 0.1) is 92.5 Å². The molecule has 0 aliphatic rings. The number of ether oxygens (including phenoxy) is 6. The molecule has 0 aromatic carbocycles. The van der Waals surface area contributed by atoms with Gasteiger partial charge in [0.2, 0.25) is 0 Å². The first-order valence-corrected chi connectivity index (χ1v) is 8.01. The van der Waals surface area contributed by atoms with E-state index in [4.69, 9.17) is 40.2 Å². The Hall–Kier alpha value is -0.400. The van der Waals surface area contributed by atoms with E-state index in [1.165, 1.54) is 0 Å². The van der Waals surface area contributed by atoms with Crippen molar-refractivity contribution in [3.63, 3.8) is 0 Å². The van der Waals surface area contributed by atoms with E-state index in [2.05, 4.69) is 9.68 Å². The second kappa shape index (κ2) is 22.6. The number of rotatable bonds is 21. The minimum absolute atomic E-state index is 0.381. The molecule has 10 heteroatoms. The molecule has 0 atom stereocenters. The van der Waals surface area contributed by atoms with Crippen LogP contribution in [0, 0.1) is 0 Å². The lowest BCUT2D eigenvalue weighted by Crippen LogP contribution is -2.15. The summed E-state index contributed by atoms with van der Waals surface area (Å²) in [5, 5.41) is 0. The Labute approximate surface area is 143 Å². The minimum Gasteiger partial charge on any atom is -0.377 e. The van der Waals surface area contributed by atoms with Crippen molar-refractivity contribution in [2.75, 3.05) is 92.5 Å². The maximum Gasteiger partial charge on any atom is 0.0913 e. The van der Waals surface area contributed by atoms with Gasteiger partial charge in [-0.2, -0.15) is 0 Å². The van der Waals surface area contributed by atoms with E-state index in [0.717, 1.165) is 0 Å². The van der Waals surface area contributed by atoms with Gasteiger partial charge >= 0.3 is 0 Å². The van der Waals surface area contributed by atoms with Gasteiger partial charge in [0.25, 0.3) is 0 Å². The first kappa shape index (κ1) is 23.6. The molecule has 0 spiro atoms. The summed E-state index contributed by atoms with van der Waals surface area (Å²) in [6.07, 6.45) is 0. The molecule has 10 nitrogen and oxygen atoms in total. The highest BCUT2D eigenvalue weighted by atomic mass is 16.6. The van der Waals surface area contributed by atoms with Crippen LogP contribution in [0.2, 0.25) is 0 Å². The van der Waals surface area contributed by atoms with Gasteiger partial charge < -0.3 is 38.1 Å². The van der Waals surface area contributed by atoms with E-state index in [0.29, 0.717) is 92.5 Å². The lowest BCUT2D eigenvalue weighted by molar-refractivity contribution is -0.0232. The zero-order chi connectivity index (χ0) is 17.6. The Morgan fingerprint density at radius 1 is 0.292 bits per heavy atom. The minimum atomic E-state index is 0.381. The van der Waals surface area contributed by atoms with Gasteiger partial charge in [-0.05, 0) is 0 Å². The third kappa shape index (κ3) is 21.6. The Morgan fingerprint density at radius 3 is 0.625 bits per heavy atom. The summed E-state index contributed by atoms with van der Waals surface area (Å²) in [7, 11) is 0. The highest BCUT2D eigenvalue weighted by Crippen LogP contribution is 1.84. The predicted octanol–water partition coefficient (Wildman–Crippen LogP) is -1.13. The summed E-state index contributed by atoms with van der Waals surface area (Å²) in [5.41, 5.74) is 0. The topological polar surface area (TPSA) is 126 Å². The fourth-order valence-electron chi connectivity index (χ4n) is 1.42. The first-order valence-electron chi connectivity index (χ1n) is 8.01. The van der Waals surface area contributed by atoms with Gasteiger partial charge in [-0.15, -0.1) is 0 Å². The lowest BCUT2D eigenvalue weighted by Gasteiger charge is -2.08. The summed E-state index contributed by atoms with van der Waals surface area (Å²) in [6.45, 7) is 6.90. The van der Waals surface area contributed by atoms with Gasteiger partial charge in [-0.1, -0.05) is 0 Å². The molecule has 0 saturated carbocycles. The van der Waals surface area contributed by atoms with Crippen molar-refractivity contribution < 1.29 is 38.1 Å². The zero-order valence-corrected chi connectivity index (χ0v) is 14.3. The highest BCUT2D eigenvalue weighted by molar-refractivity contribution is 4.36. The maximum absolute atomic E-state index is 5.35. The van der Waals surface area contributed by atoms with Crippen LogP contribution < -0.4 is 11.8 Å². The number of hydrogen-bond donors (Lipinski definition) is 2. The van der Waals surface area contributed by atoms with Gasteiger partial charge in [0.15, 0.2) is 0 Å². The number of nitrogens with two attached hydrogens (primary N) is 2. The van der Waals surface area contributed by atoms with Crippen molar-refractivity contribution in [1.29, 1.82) is 0 Å². The molecule has 0 fully saturated rings. The second-order valence-electron chi connectivity index (χ2n) is 4.42. The van der Waals surface area contributed by atoms with Gasteiger partial charge in [0, 0.05) is 0 Å². The molecule has 146 valence electrons. The molecule has 0 aliphatic heterocycles. The molecular formula is C14H32N2O8. The molecule has 0 radical (unpaired) electrons.